The molecule has 1 saturated heterocycles. The van der Waals surface area contributed by atoms with Crippen LogP contribution in [0.5, 0.6) is 5.75 Å². The molecule has 2 heterocycles. The number of benzene rings is 1. The average Bonchev–Trinajstić information content (AvgIpc) is 2.83. The molecule has 0 radical (unpaired) electrons. The van der Waals surface area contributed by atoms with Crippen LogP contribution in [0.4, 0.5) is 0 Å². The summed E-state index contributed by atoms with van der Waals surface area (Å²) in [5, 5.41) is 4.75. The first kappa shape index (κ1) is 12.5. The van der Waals surface area contributed by atoms with Gasteiger partial charge in [-0.15, -0.1) is 0 Å². The van der Waals surface area contributed by atoms with Gasteiger partial charge in [-0.25, -0.2) is 0 Å². The van der Waals surface area contributed by atoms with Gasteiger partial charge >= 0.3 is 0 Å². The lowest BCUT2D eigenvalue weighted by Crippen LogP contribution is -2.43. The second-order valence-corrected chi connectivity index (χ2v) is 5.31. The number of hydrogen-bond acceptors (Lipinski definition) is 3. The lowest BCUT2D eigenvalue weighted by Gasteiger charge is -2.33. The first-order valence-electron chi connectivity index (χ1n) is 6.77. The van der Waals surface area contributed by atoms with E-state index >= 15 is 0 Å². The van der Waals surface area contributed by atoms with Gasteiger partial charge in [0.2, 0.25) is 0 Å². The van der Waals surface area contributed by atoms with Crippen LogP contribution in [0.15, 0.2) is 18.3 Å². The van der Waals surface area contributed by atoms with E-state index in [1.54, 1.807) is 7.11 Å². The Morgan fingerprint density at radius 3 is 2.95 bits per heavy atom. The Labute approximate surface area is 113 Å². The molecule has 1 fully saturated rings. The van der Waals surface area contributed by atoms with Crippen molar-refractivity contribution >= 4 is 10.9 Å². The number of methoxy groups -OCH3 is 1. The molecule has 0 bridgehead atoms. The third kappa shape index (κ3) is 2.11. The third-order valence-corrected chi connectivity index (χ3v) is 4.10. The summed E-state index contributed by atoms with van der Waals surface area (Å²) in [4.78, 5) is 5.83. The lowest BCUT2D eigenvalue weighted by molar-refractivity contribution is 0.203. The Kier molecular flexibility index (Phi) is 3.21. The number of ether oxygens (including phenoxy) is 1. The number of likely N-dealkylation sites (N-methyl/N-ethyl adjacent to an activating group) is 1. The van der Waals surface area contributed by atoms with E-state index in [-0.39, 0.29) is 0 Å². The molecule has 1 aromatic carbocycles. The molecule has 2 aromatic rings. The van der Waals surface area contributed by atoms with E-state index in [9.17, 15) is 0 Å². The largest absolute Gasteiger partial charge is 0.497 e. The summed E-state index contributed by atoms with van der Waals surface area (Å²) in [5.41, 5.74) is 3.80. The summed E-state index contributed by atoms with van der Waals surface area (Å²) >= 11 is 0. The third-order valence-electron chi connectivity index (χ3n) is 4.10. The zero-order valence-corrected chi connectivity index (χ0v) is 11.8. The molecule has 4 heteroatoms. The van der Waals surface area contributed by atoms with Crippen molar-refractivity contribution in [2.75, 3.05) is 33.8 Å². The van der Waals surface area contributed by atoms with Crippen molar-refractivity contribution in [2.45, 2.75) is 13.0 Å². The number of nitrogens with one attached hydrogen (secondary N) is 2. The number of piperazine rings is 1. The lowest BCUT2D eigenvalue weighted by atomic mass is 10.0. The molecule has 1 aliphatic heterocycles. The van der Waals surface area contributed by atoms with Crippen molar-refractivity contribution < 1.29 is 4.74 Å². The summed E-state index contributed by atoms with van der Waals surface area (Å²) in [6.07, 6.45) is 2.14. The molecule has 4 nitrogen and oxygen atoms in total. The highest BCUT2D eigenvalue weighted by Gasteiger charge is 2.23. The highest BCUT2D eigenvalue weighted by molar-refractivity contribution is 5.88. The molecule has 0 saturated carbocycles. The molecule has 102 valence electrons. The highest BCUT2D eigenvalue weighted by Crippen LogP contribution is 2.32. The van der Waals surface area contributed by atoms with Crippen LogP contribution in [0, 0.1) is 6.92 Å². The molecule has 19 heavy (non-hydrogen) atoms. The van der Waals surface area contributed by atoms with E-state index < -0.39 is 0 Å². The van der Waals surface area contributed by atoms with E-state index in [4.69, 9.17) is 4.74 Å². The first-order chi connectivity index (χ1) is 9.20. The van der Waals surface area contributed by atoms with Crippen molar-refractivity contribution in [3.8, 4) is 5.75 Å². The standard InChI is InChI=1S/C15H21N3O/c1-10-6-11(19-3)7-12-13(8-17-15(10)12)14-9-16-4-5-18(14)2/h6-8,14,16-17H,4-5,9H2,1-3H3. The van der Waals surface area contributed by atoms with Crippen LogP contribution in [0.2, 0.25) is 0 Å². The summed E-state index contributed by atoms with van der Waals surface area (Å²) in [7, 11) is 3.92. The minimum absolute atomic E-state index is 0.425. The predicted molar refractivity (Wildman–Crippen MR) is 77.8 cm³/mol. The summed E-state index contributed by atoms with van der Waals surface area (Å²) in [6.45, 7) is 5.27. The van der Waals surface area contributed by atoms with Crippen molar-refractivity contribution in [3.63, 3.8) is 0 Å². The fourth-order valence-electron chi connectivity index (χ4n) is 2.95. The second-order valence-electron chi connectivity index (χ2n) is 5.31. The molecule has 2 N–H and O–H groups in total. The quantitative estimate of drug-likeness (QED) is 0.867. The van der Waals surface area contributed by atoms with Gasteiger partial charge in [0.05, 0.1) is 7.11 Å². The van der Waals surface area contributed by atoms with Crippen molar-refractivity contribution in [1.29, 1.82) is 0 Å². The molecular formula is C15H21N3O. The van der Waals surface area contributed by atoms with E-state index in [2.05, 4.69) is 47.5 Å². The van der Waals surface area contributed by atoms with Crippen molar-refractivity contribution in [1.82, 2.24) is 15.2 Å². The van der Waals surface area contributed by atoms with Crippen LogP contribution in [-0.4, -0.2) is 43.7 Å². The van der Waals surface area contributed by atoms with Gasteiger partial charge in [-0.05, 0) is 37.2 Å². The fraction of sp³-hybridized carbons (Fsp3) is 0.467. The van der Waals surface area contributed by atoms with Gasteiger partial charge in [0, 0.05) is 42.8 Å². The first-order valence-corrected chi connectivity index (χ1v) is 6.77. The van der Waals surface area contributed by atoms with Gasteiger partial charge in [-0.1, -0.05) is 0 Å². The van der Waals surface area contributed by atoms with Crippen molar-refractivity contribution in [2.24, 2.45) is 0 Å². The Hall–Kier alpha value is -1.52. The summed E-state index contributed by atoms with van der Waals surface area (Å²) < 4.78 is 5.40. The molecule has 1 atom stereocenters. The number of H-pyrrole nitrogens is 1. The van der Waals surface area contributed by atoms with Crippen LogP contribution >= 0.6 is 0 Å². The molecule has 0 aliphatic carbocycles. The maximum absolute atomic E-state index is 5.40. The van der Waals surface area contributed by atoms with Gasteiger partial charge in [0.15, 0.2) is 0 Å². The molecule has 3 rings (SSSR count). The highest BCUT2D eigenvalue weighted by atomic mass is 16.5. The van der Waals surface area contributed by atoms with Gasteiger partial charge < -0.3 is 15.0 Å². The van der Waals surface area contributed by atoms with Crippen LogP contribution in [0.1, 0.15) is 17.2 Å². The normalized spacial score (nSPS) is 20.9. The topological polar surface area (TPSA) is 40.3 Å². The molecule has 1 unspecified atom stereocenters. The van der Waals surface area contributed by atoms with Crippen LogP contribution in [0.25, 0.3) is 10.9 Å². The average molecular weight is 259 g/mol. The Morgan fingerprint density at radius 2 is 2.21 bits per heavy atom. The molecular weight excluding hydrogens is 238 g/mol. The summed E-state index contributed by atoms with van der Waals surface area (Å²) in [5.74, 6) is 0.928. The van der Waals surface area contributed by atoms with Gasteiger partial charge in [-0.2, -0.15) is 0 Å². The summed E-state index contributed by atoms with van der Waals surface area (Å²) in [6, 6.07) is 4.64. The Morgan fingerprint density at radius 1 is 1.37 bits per heavy atom. The maximum atomic E-state index is 5.40. The molecule has 1 aromatic heterocycles. The number of aryl methyl sites for hydroxylation is 1. The fourth-order valence-corrected chi connectivity index (χ4v) is 2.95. The van der Waals surface area contributed by atoms with Crippen LogP contribution in [-0.2, 0) is 0 Å². The predicted octanol–water partition coefficient (Wildman–Crippen LogP) is 2.06. The van der Waals surface area contributed by atoms with Gasteiger partial charge in [-0.3, -0.25) is 4.90 Å². The smallest absolute Gasteiger partial charge is 0.119 e. The van der Waals surface area contributed by atoms with Crippen LogP contribution < -0.4 is 10.1 Å². The number of hydrogen-bond donors (Lipinski definition) is 2. The molecule has 0 spiro atoms. The SMILES string of the molecule is COc1cc(C)c2[nH]cc(C3CNCCN3C)c2c1. The Bertz CT molecular complexity index is 590. The number of fused-ring (bicyclic) bond motifs is 1. The van der Waals surface area contributed by atoms with Gasteiger partial charge in [0.25, 0.3) is 0 Å². The monoisotopic (exact) mass is 259 g/mol. The molecule has 0 amide bonds. The number of aromatic amines is 1. The zero-order chi connectivity index (χ0) is 13.4. The minimum Gasteiger partial charge on any atom is -0.497 e. The second kappa shape index (κ2) is 4.87. The minimum atomic E-state index is 0.425. The van der Waals surface area contributed by atoms with Crippen molar-refractivity contribution in [3.05, 3.63) is 29.5 Å². The van der Waals surface area contributed by atoms with Crippen LogP contribution in [0.3, 0.4) is 0 Å². The number of aromatic nitrogens is 1. The molecule has 1 aliphatic rings. The Balaban J connectivity index is 2.10. The number of rotatable bonds is 2. The zero-order valence-electron chi connectivity index (χ0n) is 11.8. The number of nitrogens with zero attached hydrogens (tertiary/aromatic N) is 1. The maximum Gasteiger partial charge on any atom is 0.119 e. The van der Waals surface area contributed by atoms with E-state index in [1.165, 1.54) is 22.0 Å². The van der Waals surface area contributed by atoms with E-state index in [0.29, 0.717) is 6.04 Å². The van der Waals surface area contributed by atoms with E-state index in [1.807, 2.05) is 0 Å². The van der Waals surface area contributed by atoms with Gasteiger partial charge in [0.1, 0.15) is 5.75 Å². The van der Waals surface area contributed by atoms with E-state index in [0.717, 1.165) is 25.4 Å².